The van der Waals surface area contributed by atoms with Crippen molar-refractivity contribution in [2.75, 3.05) is 25.7 Å². The maximum atomic E-state index is 15.5. The molecule has 3 N–H and O–H groups in total. The van der Waals surface area contributed by atoms with Gasteiger partial charge in [0.15, 0.2) is 14.6 Å². The van der Waals surface area contributed by atoms with E-state index >= 15 is 4.39 Å². The molecule has 0 saturated carbocycles. The Kier molecular flexibility index (Phi) is 6.78. The van der Waals surface area contributed by atoms with Gasteiger partial charge in [-0.1, -0.05) is 12.1 Å². The summed E-state index contributed by atoms with van der Waals surface area (Å²) in [6.07, 6.45) is 0.928. The third-order valence-corrected chi connectivity index (χ3v) is 10.3. The van der Waals surface area contributed by atoms with Gasteiger partial charge in [0.1, 0.15) is 46.7 Å². The topological polar surface area (TPSA) is 146 Å². The quantitative estimate of drug-likeness (QED) is 0.456. The van der Waals surface area contributed by atoms with Crippen molar-refractivity contribution in [1.82, 2.24) is 9.97 Å². The van der Waals surface area contributed by atoms with E-state index in [2.05, 4.69) is 20.3 Å². The van der Waals surface area contributed by atoms with E-state index in [-0.39, 0.29) is 28.4 Å². The van der Waals surface area contributed by atoms with Gasteiger partial charge in [-0.05, 0) is 42.8 Å². The van der Waals surface area contributed by atoms with Crippen molar-refractivity contribution in [2.24, 2.45) is 10.7 Å². The predicted octanol–water partition coefficient (Wildman–Crippen LogP) is 2.65. The fourth-order valence-electron chi connectivity index (χ4n) is 5.15. The van der Waals surface area contributed by atoms with E-state index in [1.54, 1.807) is 0 Å². The summed E-state index contributed by atoms with van der Waals surface area (Å²) in [4.78, 5) is 25.1. The molecular formula is C26H24F3N5O5S. The maximum Gasteiger partial charge on any atom is 0.275 e. The smallest absolute Gasteiger partial charge is 0.275 e. The third-order valence-electron chi connectivity index (χ3n) is 7.35. The highest BCUT2D eigenvalue weighted by molar-refractivity contribution is 7.94. The SMILES string of the molecule is COc1cnc(C(=O)Nc2ccc(F)c([C@]34COC(CF)[C@H]3S(=O)(=O)[C@](C)(c3ccc(F)cc3)C(N)=N4)c2)cn1. The molecule has 5 rings (SSSR count). The summed E-state index contributed by atoms with van der Waals surface area (Å²) in [5.41, 5.74) is 4.19. The molecule has 2 aliphatic heterocycles. The van der Waals surface area contributed by atoms with Gasteiger partial charge in [-0.25, -0.2) is 31.6 Å². The zero-order valence-electron chi connectivity index (χ0n) is 21.3. The lowest BCUT2D eigenvalue weighted by molar-refractivity contribution is 0.0847. The van der Waals surface area contributed by atoms with E-state index in [4.69, 9.17) is 15.2 Å². The second-order valence-corrected chi connectivity index (χ2v) is 11.9. The summed E-state index contributed by atoms with van der Waals surface area (Å²) in [5.74, 6) is -2.36. The molecule has 10 nitrogen and oxygen atoms in total. The van der Waals surface area contributed by atoms with Crippen LogP contribution in [0.25, 0.3) is 0 Å². The molecule has 1 fully saturated rings. The molecule has 2 aliphatic rings. The minimum atomic E-state index is -4.51. The number of benzene rings is 2. The number of nitrogens with one attached hydrogen (secondary N) is 1. The molecule has 0 aliphatic carbocycles. The van der Waals surface area contributed by atoms with Crippen molar-refractivity contribution >= 4 is 27.3 Å². The first-order valence-electron chi connectivity index (χ1n) is 12.0. The Hall–Kier alpha value is -4.04. The molecule has 3 aromatic rings. The standard InChI is InChI=1S/C26H24F3N5O5S/c1-25(14-3-5-15(28)6-4-14)24(30)34-26(13-39-20(10-27)22(26)40(25,36)37)17-9-16(7-8-18(17)29)33-23(35)19-11-32-21(38-2)12-31-19/h3-9,11-12,20,22H,10,13H2,1-2H3,(H2,30,34)(H,33,35)/t20?,22-,25-,26-/m1/s1. The number of aromatic nitrogens is 2. The van der Waals surface area contributed by atoms with E-state index in [1.165, 1.54) is 50.7 Å². The van der Waals surface area contributed by atoms with E-state index in [0.29, 0.717) is 0 Å². The second kappa shape index (κ2) is 9.86. The molecule has 0 radical (unpaired) electrons. The lowest BCUT2D eigenvalue weighted by Crippen LogP contribution is -2.61. The second-order valence-electron chi connectivity index (χ2n) is 9.52. The number of carbonyl (C=O) groups excluding carboxylic acids is 1. The zero-order valence-corrected chi connectivity index (χ0v) is 22.1. The summed E-state index contributed by atoms with van der Waals surface area (Å²) >= 11 is 0. The van der Waals surface area contributed by atoms with Gasteiger partial charge in [-0.2, -0.15) is 0 Å². The fourth-order valence-corrected chi connectivity index (χ4v) is 7.77. The van der Waals surface area contributed by atoms with E-state index in [1.807, 2.05) is 0 Å². The van der Waals surface area contributed by atoms with Crippen LogP contribution in [0.1, 0.15) is 28.5 Å². The third kappa shape index (κ3) is 4.09. The van der Waals surface area contributed by atoms with Crippen LogP contribution in [0.15, 0.2) is 59.9 Å². The molecule has 40 heavy (non-hydrogen) atoms. The molecule has 1 unspecified atom stereocenters. The normalized spacial score (nSPS) is 27.0. The molecule has 2 aromatic carbocycles. The van der Waals surface area contributed by atoms with Gasteiger partial charge in [-0.15, -0.1) is 0 Å². The Morgan fingerprint density at radius 1 is 1.18 bits per heavy atom. The van der Waals surface area contributed by atoms with Crippen LogP contribution < -0.4 is 15.8 Å². The minimum Gasteiger partial charge on any atom is -0.480 e. The van der Waals surface area contributed by atoms with Gasteiger partial charge in [0.05, 0.1) is 26.1 Å². The summed E-state index contributed by atoms with van der Waals surface area (Å²) < 4.78 is 80.3. The number of aliphatic imine (C=N–C) groups is 1. The number of halogens is 3. The van der Waals surface area contributed by atoms with Crippen molar-refractivity contribution in [3.05, 3.63) is 83.3 Å². The first-order chi connectivity index (χ1) is 19.0. The molecule has 4 atom stereocenters. The van der Waals surface area contributed by atoms with Gasteiger partial charge < -0.3 is 20.5 Å². The minimum absolute atomic E-state index is 0.0676. The summed E-state index contributed by atoms with van der Waals surface area (Å²) in [6.45, 7) is -0.409. The van der Waals surface area contributed by atoms with Crippen LogP contribution in [0.5, 0.6) is 5.88 Å². The number of ether oxygens (including phenoxy) is 2. The highest BCUT2D eigenvalue weighted by Gasteiger charge is 2.67. The molecule has 0 bridgehead atoms. The van der Waals surface area contributed by atoms with Crippen molar-refractivity contribution in [3.8, 4) is 5.88 Å². The fraction of sp³-hybridized carbons (Fsp3) is 0.308. The first kappa shape index (κ1) is 27.5. The molecule has 1 amide bonds. The van der Waals surface area contributed by atoms with Crippen LogP contribution in [-0.4, -0.2) is 61.9 Å². The van der Waals surface area contributed by atoms with E-state index < -0.39 is 68.1 Å². The number of amidine groups is 1. The lowest BCUT2D eigenvalue weighted by atomic mass is 9.85. The maximum absolute atomic E-state index is 15.5. The number of sulfone groups is 1. The highest BCUT2D eigenvalue weighted by atomic mass is 32.2. The van der Waals surface area contributed by atoms with Gasteiger partial charge >= 0.3 is 0 Å². The van der Waals surface area contributed by atoms with Crippen LogP contribution >= 0.6 is 0 Å². The van der Waals surface area contributed by atoms with E-state index in [9.17, 15) is 22.0 Å². The summed E-state index contributed by atoms with van der Waals surface area (Å²) in [5, 5.41) is 0.861. The number of hydrogen-bond donors (Lipinski definition) is 2. The molecular weight excluding hydrogens is 551 g/mol. The number of amides is 1. The van der Waals surface area contributed by atoms with Crippen molar-refractivity contribution in [3.63, 3.8) is 0 Å². The number of alkyl halides is 1. The molecule has 3 heterocycles. The molecule has 1 aromatic heterocycles. The van der Waals surface area contributed by atoms with Gasteiger partial charge in [0.25, 0.3) is 5.91 Å². The Balaban J connectivity index is 1.62. The number of nitrogens with zero attached hydrogens (tertiary/aromatic N) is 3. The van der Waals surface area contributed by atoms with Gasteiger partial charge in [0.2, 0.25) is 5.88 Å². The Morgan fingerprint density at radius 2 is 1.90 bits per heavy atom. The van der Waals surface area contributed by atoms with Crippen LogP contribution in [0, 0.1) is 11.6 Å². The average molecular weight is 576 g/mol. The average Bonchev–Trinajstić information content (AvgIpc) is 3.33. The van der Waals surface area contributed by atoms with Crippen LogP contribution in [-0.2, 0) is 24.9 Å². The number of methoxy groups -OCH3 is 1. The van der Waals surface area contributed by atoms with Gasteiger partial charge in [0, 0.05) is 11.3 Å². The lowest BCUT2D eigenvalue weighted by Gasteiger charge is -2.44. The number of fused-ring (bicyclic) bond motifs is 1. The Bertz CT molecular complexity index is 1600. The number of anilines is 1. The zero-order chi connectivity index (χ0) is 28.9. The molecule has 210 valence electrons. The van der Waals surface area contributed by atoms with Crippen molar-refractivity contribution in [1.29, 1.82) is 0 Å². The number of hydrogen-bond acceptors (Lipinski definition) is 9. The molecule has 1 saturated heterocycles. The molecule has 14 heteroatoms. The first-order valence-corrected chi connectivity index (χ1v) is 13.5. The molecule has 0 spiro atoms. The van der Waals surface area contributed by atoms with Crippen LogP contribution in [0.3, 0.4) is 0 Å². The van der Waals surface area contributed by atoms with E-state index in [0.717, 1.165) is 18.2 Å². The number of nitrogens with two attached hydrogens (primary N) is 1. The van der Waals surface area contributed by atoms with Crippen LogP contribution in [0.4, 0.5) is 18.9 Å². The van der Waals surface area contributed by atoms with Gasteiger partial charge in [-0.3, -0.25) is 9.79 Å². The van der Waals surface area contributed by atoms with Crippen molar-refractivity contribution < 1.29 is 35.9 Å². The summed E-state index contributed by atoms with van der Waals surface area (Å²) in [6, 6.07) is 8.13. The number of carbonyl (C=O) groups is 1. The number of rotatable bonds is 6. The predicted molar refractivity (Wildman–Crippen MR) is 138 cm³/mol. The van der Waals surface area contributed by atoms with Crippen molar-refractivity contribution in [2.45, 2.75) is 28.6 Å². The largest absolute Gasteiger partial charge is 0.480 e. The van der Waals surface area contributed by atoms with Crippen LogP contribution in [0.2, 0.25) is 0 Å². The summed E-state index contributed by atoms with van der Waals surface area (Å²) in [7, 11) is -3.12. The highest BCUT2D eigenvalue weighted by Crippen LogP contribution is 2.52. The Morgan fingerprint density at radius 3 is 2.52 bits per heavy atom. The monoisotopic (exact) mass is 575 g/mol. The Labute approximate surface area is 227 Å².